The lowest BCUT2D eigenvalue weighted by atomic mass is 9.85. The molecule has 2 aliphatic rings. The summed E-state index contributed by atoms with van der Waals surface area (Å²) in [5, 5.41) is 20.4. The molecule has 2 N–H and O–H groups in total. The number of anilines is 2. The number of nitrogens with one attached hydrogen (secondary N) is 1. The first-order valence-corrected chi connectivity index (χ1v) is 11.3. The fourth-order valence-corrected chi connectivity index (χ4v) is 4.34. The lowest BCUT2D eigenvalue weighted by Gasteiger charge is -2.28. The molecule has 0 radical (unpaired) electrons. The molecule has 5 rings (SSSR count). The van der Waals surface area contributed by atoms with E-state index in [0.717, 1.165) is 54.0 Å². The van der Waals surface area contributed by atoms with Gasteiger partial charge in [-0.25, -0.2) is 0 Å². The van der Waals surface area contributed by atoms with Crippen LogP contribution in [0.5, 0.6) is 0 Å². The van der Waals surface area contributed by atoms with Crippen molar-refractivity contribution >= 4 is 17.7 Å². The van der Waals surface area contributed by atoms with Crippen LogP contribution in [0.4, 0.5) is 11.7 Å². The van der Waals surface area contributed by atoms with Crippen LogP contribution in [0.2, 0.25) is 0 Å². The van der Waals surface area contributed by atoms with Gasteiger partial charge in [0.2, 0.25) is 5.89 Å². The predicted molar refractivity (Wildman–Crippen MR) is 120 cm³/mol. The molecule has 2 aromatic carbocycles. The molecule has 1 saturated carbocycles. The minimum absolute atomic E-state index is 0.0416. The molecule has 0 amide bonds. The van der Waals surface area contributed by atoms with Gasteiger partial charge in [0.15, 0.2) is 0 Å². The topological polar surface area (TPSA) is 97.5 Å². The van der Waals surface area contributed by atoms with Crippen molar-refractivity contribution in [1.82, 2.24) is 10.2 Å². The molecule has 1 aliphatic carbocycles. The number of carbonyl (C=O) groups is 1. The lowest BCUT2D eigenvalue weighted by Crippen LogP contribution is -2.22. The van der Waals surface area contributed by atoms with Crippen LogP contribution in [0.1, 0.15) is 62.0 Å². The largest absolute Gasteiger partial charge is 0.481 e. The van der Waals surface area contributed by atoms with Gasteiger partial charge in [-0.15, -0.1) is 5.10 Å². The maximum Gasteiger partial charge on any atom is 0.320 e. The minimum Gasteiger partial charge on any atom is -0.481 e. The molecule has 2 atom stereocenters. The standard InChI is InChI=1S/C25H27N3O4/c29-23(30)14-16-4-13-22(31-15-16)19-7-5-17(6-8-19)18-9-11-21(12-10-18)26-25-28-27-24(32-25)20-2-1-3-20/h5-12,16,20,22H,1-4,13-15H2,(H,26,28)(H,29,30)/t16-,22-/m1/s1. The van der Waals surface area contributed by atoms with Gasteiger partial charge in [-0.05, 0) is 60.4 Å². The highest BCUT2D eigenvalue weighted by molar-refractivity contribution is 5.67. The number of hydrogen-bond donors (Lipinski definition) is 2. The molecule has 0 bridgehead atoms. The molecule has 1 aliphatic heterocycles. The van der Waals surface area contributed by atoms with Crippen LogP contribution in [0.15, 0.2) is 52.9 Å². The molecule has 7 nitrogen and oxygen atoms in total. The summed E-state index contributed by atoms with van der Waals surface area (Å²) in [6, 6.07) is 17.0. The van der Waals surface area contributed by atoms with Crippen molar-refractivity contribution in [1.29, 1.82) is 0 Å². The molecule has 2 fully saturated rings. The summed E-state index contributed by atoms with van der Waals surface area (Å²) >= 11 is 0. The van der Waals surface area contributed by atoms with Crippen molar-refractivity contribution in [3.05, 3.63) is 60.0 Å². The van der Waals surface area contributed by atoms with E-state index >= 15 is 0 Å². The quantitative estimate of drug-likeness (QED) is 0.494. The van der Waals surface area contributed by atoms with Crippen LogP contribution < -0.4 is 5.32 Å². The van der Waals surface area contributed by atoms with Gasteiger partial charge in [0.1, 0.15) is 0 Å². The van der Waals surface area contributed by atoms with E-state index in [1.165, 1.54) is 6.42 Å². The van der Waals surface area contributed by atoms with Crippen molar-refractivity contribution in [2.75, 3.05) is 11.9 Å². The summed E-state index contributed by atoms with van der Waals surface area (Å²) in [5.74, 6) is 0.522. The first-order chi connectivity index (χ1) is 15.6. The van der Waals surface area contributed by atoms with Crippen LogP contribution in [0.3, 0.4) is 0 Å². The molecular weight excluding hydrogens is 406 g/mol. The highest BCUT2D eigenvalue weighted by Gasteiger charge is 2.26. The molecule has 0 spiro atoms. The zero-order valence-corrected chi connectivity index (χ0v) is 17.9. The van der Waals surface area contributed by atoms with Crippen LogP contribution in [0.25, 0.3) is 11.1 Å². The average Bonchev–Trinajstić information content (AvgIpc) is 3.21. The number of aliphatic carboxylic acids is 1. The number of aromatic nitrogens is 2. The summed E-state index contributed by atoms with van der Waals surface area (Å²) in [7, 11) is 0. The molecule has 7 heteroatoms. The van der Waals surface area contributed by atoms with Crippen LogP contribution in [0, 0.1) is 5.92 Å². The van der Waals surface area contributed by atoms with Crippen molar-refractivity contribution < 1.29 is 19.1 Å². The third kappa shape index (κ3) is 4.67. The third-order valence-electron chi connectivity index (χ3n) is 6.48. The van der Waals surface area contributed by atoms with Crippen molar-refractivity contribution in [2.45, 2.75) is 50.5 Å². The highest BCUT2D eigenvalue weighted by Crippen LogP contribution is 2.36. The Morgan fingerprint density at radius 1 is 0.969 bits per heavy atom. The van der Waals surface area contributed by atoms with Gasteiger partial charge >= 0.3 is 12.0 Å². The maximum absolute atomic E-state index is 10.9. The van der Waals surface area contributed by atoms with Gasteiger partial charge in [0.25, 0.3) is 0 Å². The SMILES string of the molecule is O=C(O)C[C@H]1CC[C@H](c2ccc(-c3ccc(Nc4nnc(C5CCC5)o4)cc3)cc2)OC1. The Morgan fingerprint density at radius 3 is 2.28 bits per heavy atom. The van der Waals surface area contributed by atoms with Crippen molar-refractivity contribution in [2.24, 2.45) is 5.92 Å². The second-order valence-corrected chi connectivity index (χ2v) is 8.76. The normalized spacial score (nSPS) is 21.1. The highest BCUT2D eigenvalue weighted by atomic mass is 16.5. The lowest BCUT2D eigenvalue weighted by molar-refractivity contribution is -0.140. The Hall–Kier alpha value is -3.19. The van der Waals surface area contributed by atoms with Gasteiger partial charge in [0.05, 0.1) is 19.1 Å². The molecule has 1 aromatic heterocycles. The van der Waals surface area contributed by atoms with E-state index in [0.29, 0.717) is 18.5 Å². The van der Waals surface area contributed by atoms with Gasteiger partial charge in [0, 0.05) is 11.6 Å². The van der Waals surface area contributed by atoms with Crippen molar-refractivity contribution in [3.8, 4) is 11.1 Å². The Labute approximate surface area is 186 Å². The fourth-order valence-electron chi connectivity index (χ4n) is 4.34. The summed E-state index contributed by atoms with van der Waals surface area (Å²) in [4.78, 5) is 10.9. The first-order valence-electron chi connectivity index (χ1n) is 11.3. The number of ether oxygens (including phenoxy) is 1. The van der Waals surface area contributed by atoms with Crippen LogP contribution in [-0.4, -0.2) is 27.9 Å². The van der Waals surface area contributed by atoms with E-state index in [4.69, 9.17) is 14.3 Å². The molecule has 32 heavy (non-hydrogen) atoms. The second kappa shape index (κ2) is 9.12. The number of nitrogens with zero attached hydrogens (tertiary/aromatic N) is 2. The average molecular weight is 434 g/mol. The predicted octanol–water partition coefficient (Wildman–Crippen LogP) is 5.69. The molecule has 0 unspecified atom stereocenters. The molecule has 3 aromatic rings. The van der Waals surface area contributed by atoms with Gasteiger partial charge in [-0.1, -0.05) is 47.9 Å². The first kappa shape index (κ1) is 20.7. The van der Waals surface area contributed by atoms with Gasteiger partial charge in [-0.2, -0.15) is 0 Å². The van der Waals surface area contributed by atoms with Crippen molar-refractivity contribution in [3.63, 3.8) is 0 Å². The number of carboxylic acid groups (broad SMARTS) is 1. The molecular formula is C25H27N3O4. The van der Waals surface area contributed by atoms with Gasteiger partial charge < -0.3 is 19.6 Å². The fraction of sp³-hybridized carbons (Fsp3) is 0.400. The Kier molecular flexibility index (Phi) is 5.90. The molecule has 2 heterocycles. The Morgan fingerprint density at radius 2 is 1.69 bits per heavy atom. The van der Waals surface area contributed by atoms with Gasteiger partial charge in [-0.3, -0.25) is 4.79 Å². The second-order valence-electron chi connectivity index (χ2n) is 8.76. The number of rotatable bonds is 7. The minimum atomic E-state index is -0.752. The number of carboxylic acids is 1. The third-order valence-corrected chi connectivity index (χ3v) is 6.48. The summed E-state index contributed by atoms with van der Waals surface area (Å²) in [6.07, 6.45) is 5.47. The van der Waals surface area contributed by atoms with E-state index in [2.05, 4.69) is 51.9 Å². The maximum atomic E-state index is 10.9. The zero-order chi connectivity index (χ0) is 21.9. The summed E-state index contributed by atoms with van der Waals surface area (Å²) in [6.45, 7) is 0.509. The number of hydrogen-bond acceptors (Lipinski definition) is 6. The smallest absolute Gasteiger partial charge is 0.320 e. The van der Waals surface area contributed by atoms with Crippen LogP contribution >= 0.6 is 0 Å². The number of benzene rings is 2. The Balaban J connectivity index is 1.18. The van der Waals surface area contributed by atoms with Crippen LogP contribution in [-0.2, 0) is 9.53 Å². The molecule has 1 saturated heterocycles. The van der Waals surface area contributed by atoms with E-state index < -0.39 is 5.97 Å². The monoisotopic (exact) mass is 433 g/mol. The van der Waals surface area contributed by atoms with E-state index in [-0.39, 0.29) is 18.4 Å². The summed E-state index contributed by atoms with van der Waals surface area (Å²) in [5.41, 5.74) is 4.29. The van der Waals surface area contributed by atoms with E-state index in [9.17, 15) is 4.79 Å². The van der Waals surface area contributed by atoms with E-state index in [1.807, 2.05) is 12.1 Å². The zero-order valence-electron chi connectivity index (χ0n) is 17.9. The van der Waals surface area contributed by atoms with E-state index in [1.54, 1.807) is 0 Å². The summed E-state index contributed by atoms with van der Waals surface area (Å²) < 4.78 is 11.7. The molecule has 166 valence electrons. The Bertz CT molecular complexity index is 1050.